The van der Waals surface area contributed by atoms with Crippen molar-refractivity contribution in [2.75, 3.05) is 32.1 Å². The number of pyridine rings is 1. The maximum Gasteiger partial charge on any atom is 0.330 e. The molecule has 7 aromatic carbocycles. The summed E-state index contributed by atoms with van der Waals surface area (Å²) in [6.07, 6.45) is -18.8. The van der Waals surface area contributed by atoms with Crippen molar-refractivity contribution in [3.05, 3.63) is 183 Å². The molecule has 652 valence electrons. The van der Waals surface area contributed by atoms with Crippen LogP contribution in [0.4, 0.5) is 5.69 Å². The van der Waals surface area contributed by atoms with Crippen molar-refractivity contribution in [1.29, 1.82) is 0 Å². The number of primary amides is 1. The highest BCUT2D eigenvalue weighted by Gasteiger charge is 2.52. The van der Waals surface area contributed by atoms with Gasteiger partial charge in [-0.05, 0) is 147 Å². The van der Waals surface area contributed by atoms with Crippen LogP contribution in [0.1, 0.15) is 116 Å². The SMILES string of the molecule is CN[C@H](CC(C)C)C(=O)N[C@H]1C(=O)N[C@@H](CC(N)=O)C(=O)N[C@H]2C(=O)N[C@H]3C(=O)N[C@H](C(=O)NC(C(=O)O)c4cc(O)cc(O)c4-c4cc3ccc4O)[C@H](O)c3ccc(c(Cl)c3)Oc3cc2cc(c3OC2OC(CO)C(O)C(O)C2OC2CC(C)(NCc3ccc(OCCNc4cc(C)nc5ccccc45)cc3)C(O)C(C)O2)Oc2ccc(cc2Cl)[C@H]1O. The van der Waals surface area contributed by atoms with Gasteiger partial charge in [-0.3, -0.25) is 38.5 Å². The van der Waals surface area contributed by atoms with Crippen LogP contribution < -0.4 is 72.5 Å². The third-order valence-corrected chi connectivity index (χ3v) is 22.5. The number of para-hydroxylation sites is 1. The maximum absolute atomic E-state index is 16.2. The first-order chi connectivity index (χ1) is 58.6. The Morgan fingerprint density at radius 1 is 0.707 bits per heavy atom. The number of carbonyl (C=O) groups excluding carboxylic acids is 7. The lowest BCUT2D eigenvalue weighted by Gasteiger charge is -2.48. The first-order valence-electron chi connectivity index (χ1n) is 39.3. The van der Waals surface area contributed by atoms with Crippen LogP contribution in [0.5, 0.6) is 51.7 Å². The molecule has 21 N–H and O–H groups in total. The van der Waals surface area contributed by atoms with Crippen molar-refractivity contribution in [2.45, 2.75) is 170 Å². The van der Waals surface area contributed by atoms with Crippen LogP contribution in [-0.4, -0.2) is 209 Å². The van der Waals surface area contributed by atoms with Crippen LogP contribution in [-0.2, 0) is 59.1 Å². The summed E-state index contributed by atoms with van der Waals surface area (Å²) in [5.41, 5.74) is 5.07. The van der Waals surface area contributed by atoms with Gasteiger partial charge in [0.1, 0.15) is 102 Å². The Morgan fingerprint density at radius 2 is 1.36 bits per heavy atom. The molecular weight excluding hydrogens is 1650 g/mol. The number of carboxylic acids is 1. The van der Waals surface area contributed by atoms with Gasteiger partial charge >= 0.3 is 5.97 Å². The molecule has 2 fully saturated rings. The van der Waals surface area contributed by atoms with Gasteiger partial charge in [0.15, 0.2) is 29.9 Å². The number of fused-ring (bicyclic) bond motifs is 16. The van der Waals surface area contributed by atoms with Gasteiger partial charge in [0.25, 0.3) is 0 Å². The number of halogens is 2. The van der Waals surface area contributed by atoms with Crippen molar-refractivity contribution >= 4 is 87.1 Å². The van der Waals surface area contributed by atoms with Gasteiger partial charge in [0.05, 0.1) is 46.8 Å². The van der Waals surface area contributed by atoms with E-state index in [1.807, 2.05) is 63.2 Å². The number of aliphatic hydroxyl groups excluding tert-OH is 6. The van der Waals surface area contributed by atoms with Crippen molar-refractivity contribution in [3.8, 4) is 62.9 Å². The van der Waals surface area contributed by atoms with E-state index in [9.17, 15) is 75.0 Å². The number of aliphatic hydroxyl groups is 6. The van der Waals surface area contributed by atoms with Gasteiger partial charge < -0.3 is 138 Å². The molecule has 7 aliphatic rings. The number of aryl methyl sites for hydroxylation is 1. The number of aromatic nitrogens is 1. The van der Waals surface area contributed by atoms with Gasteiger partial charge in [-0.25, -0.2) is 4.79 Å². The van der Waals surface area contributed by atoms with Crippen LogP contribution >= 0.6 is 23.2 Å². The molecule has 18 atom stereocenters. The Bertz CT molecular complexity index is 5360. The van der Waals surface area contributed by atoms with Gasteiger partial charge in [-0.2, -0.15) is 0 Å². The van der Waals surface area contributed by atoms with E-state index < -0.39 is 237 Å². The number of benzene rings is 7. The first kappa shape index (κ1) is 89.0. The predicted octanol–water partition coefficient (Wildman–Crippen LogP) is 4.28. The smallest absolute Gasteiger partial charge is 0.330 e. The summed E-state index contributed by atoms with van der Waals surface area (Å²) in [7, 11) is 1.48. The molecule has 7 amide bonds. The predicted molar refractivity (Wildman–Crippen MR) is 439 cm³/mol. The fourth-order valence-corrected chi connectivity index (χ4v) is 15.9. The van der Waals surface area contributed by atoms with Crippen LogP contribution in [0.3, 0.4) is 0 Å². The maximum atomic E-state index is 16.2. The van der Waals surface area contributed by atoms with E-state index in [0.717, 1.165) is 94.6 Å². The van der Waals surface area contributed by atoms with Gasteiger partial charge in [-0.1, -0.05) is 85.6 Å². The number of phenols is 3. The number of amides is 7. The van der Waals surface area contributed by atoms with E-state index in [-0.39, 0.29) is 52.8 Å². The number of nitrogens with two attached hydrogens (primary N) is 1. The lowest BCUT2D eigenvalue weighted by molar-refractivity contribution is -0.334. The first-order valence-corrected chi connectivity index (χ1v) is 40.1. The van der Waals surface area contributed by atoms with E-state index in [2.05, 4.69) is 52.8 Å². The number of nitrogens with zero attached hydrogens (tertiary/aromatic N) is 1. The molecule has 11 bridgehead atoms. The molecule has 8 heterocycles. The zero-order valence-electron chi connectivity index (χ0n) is 66.9. The third-order valence-electron chi connectivity index (χ3n) is 21.9. The topological polar surface area (TPSA) is 551 Å². The average molecular weight is 1740 g/mol. The Kier molecular flexibility index (Phi) is 27.2. The summed E-state index contributed by atoms with van der Waals surface area (Å²) in [4.78, 5) is 123. The summed E-state index contributed by atoms with van der Waals surface area (Å²) in [6.45, 7) is 8.83. The number of nitrogens with one attached hydrogen (secondary N) is 9. The monoisotopic (exact) mass is 1740 g/mol. The zero-order valence-corrected chi connectivity index (χ0v) is 68.4. The van der Waals surface area contributed by atoms with E-state index in [1.54, 1.807) is 26.0 Å². The third kappa shape index (κ3) is 19.7. The van der Waals surface area contributed by atoms with Gasteiger partial charge in [0.2, 0.25) is 53.4 Å². The Hall–Kier alpha value is -11.8. The average Bonchev–Trinajstić information content (AvgIpc) is 0.762. The second kappa shape index (κ2) is 37.5. The minimum Gasteiger partial charge on any atom is -0.508 e. The standard InChI is InChI=1S/C85H93Cl2N11O25/c1-36(2)23-53(89-6)77(109)97-68-70(104)41-14-19-57(49(86)26-41)119-59-28-43-29-60(74(59)123-84-75(73(107)72(106)61(35-99)121-84)122-63-33-85(5,76(108)38(4)118-63)91-34-39-11-16-45(17-12-39)117-22-21-90-52-24-37(3)92-51-10-8-7-9-46(51)52)120-58-20-15-42(27-50(58)87)71(105)69-82(114)96-67(83(115)116)48-30-44(100)31-56(102)64(48)47-25-40(13-18-55(47)101)65(79(111)98-69)95-80(112)66(43)94-78(110)54(32-62(88)103)93-81(68)113/h7-20,24-31,36,38,53-54,61,63,65-73,75-76,84,89,91,99-102,104-108H,21-23,32-35H2,1-6H3,(H2,88,103)(H,90,92)(H,93,113)(H,94,110)(H,95,112)(H,96,114)(H,97,109)(H,98,111)(H,115,116)/t38?,53-,54+,61?,63?,65-,66-,67?,68-,69+,70-,71-,72?,73?,75?,76?,84?,85?/m1/s1. The summed E-state index contributed by atoms with van der Waals surface area (Å²) in [5.74, 6) is -15.5. The van der Waals surface area contributed by atoms with Crippen molar-refractivity contribution in [3.63, 3.8) is 0 Å². The number of likely N-dealkylation sites (N-methyl/N-ethyl adjacent to an activating group) is 1. The van der Waals surface area contributed by atoms with E-state index >= 15 is 14.4 Å². The van der Waals surface area contributed by atoms with Crippen LogP contribution in [0, 0.1) is 12.8 Å². The molecule has 0 radical (unpaired) electrons. The van der Waals surface area contributed by atoms with Crippen molar-refractivity contribution in [1.82, 2.24) is 47.5 Å². The number of aromatic hydroxyl groups is 3. The molecule has 15 rings (SSSR count). The number of hydrogen-bond donors (Lipinski definition) is 20. The fourth-order valence-electron chi connectivity index (χ4n) is 15.5. The molecular formula is C85H93Cl2N11O25. The summed E-state index contributed by atoms with van der Waals surface area (Å²) >= 11 is 14.3. The number of ether oxygens (including phenoxy) is 7. The number of hydrogen-bond acceptors (Lipinski definition) is 28. The number of anilines is 1. The minimum atomic E-state index is -2.37. The van der Waals surface area contributed by atoms with Crippen molar-refractivity contribution in [2.24, 2.45) is 11.7 Å². The number of rotatable bonds is 21. The number of phenolic OH excluding ortho intramolecular Hbond substituents is 3. The molecule has 0 spiro atoms. The Morgan fingerprint density at radius 3 is 2.01 bits per heavy atom. The lowest BCUT2D eigenvalue weighted by Crippen LogP contribution is -2.65. The summed E-state index contributed by atoms with van der Waals surface area (Å²) in [5, 5.41) is 141. The van der Waals surface area contributed by atoms with Crippen molar-refractivity contribution < 1.29 is 123 Å². The normalized spacial score (nSPS) is 26.2. The molecule has 36 nitrogen and oxygen atoms in total. The number of aliphatic carboxylic acids is 1. The molecule has 0 aliphatic carbocycles. The molecule has 123 heavy (non-hydrogen) atoms. The van der Waals surface area contributed by atoms with Gasteiger partial charge in [0, 0.05) is 64.6 Å². The number of carboxylic acid groups (broad SMARTS) is 1. The molecule has 38 heteroatoms. The van der Waals surface area contributed by atoms with E-state index in [0.29, 0.717) is 18.9 Å². The van der Waals surface area contributed by atoms with Crippen LogP contribution in [0.15, 0.2) is 133 Å². The number of carbonyl (C=O) groups is 8. The van der Waals surface area contributed by atoms with E-state index in [4.69, 9.17) is 62.1 Å². The Balaban J connectivity index is 0.923. The molecule has 8 aromatic rings. The molecule has 1 aromatic heterocycles. The fraction of sp³-hybridized carbons (Fsp3) is 0.376. The largest absolute Gasteiger partial charge is 0.508 e. The lowest BCUT2D eigenvalue weighted by atomic mass is 9.84. The van der Waals surface area contributed by atoms with E-state index in [1.165, 1.54) is 19.2 Å². The van der Waals surface area contributed by atoms with Crippen LogP contribution in [0.25, 0.3) is 22.0 Å². The highest BCUT2D eigenvalue weighted by atomic mass is 35.5. The summed E-state index contributed by atoms with van der Waals surface area (Å²) in [6, 6.07) is 16.4. The van der Waals surface area contributed by atoms with Crippen LogP contribution in [0.2, 0.25) is 10.0 Å². The molecule has 2 saturated heterocycles. The zero-order chi connectivity index (χ0) is 88.3. The molecule has 0 saturated carbocycles. The minimum absolute atomic E-state index is 0.110. The highest BCUT2D eigenvalue weighted by molar-refractivity contribution is 6.32. The van der Waals surface area contributed by atoms with Gasteiger partial charge in [-0.15, -0.1) is 0 Å². The molecule has 7 aliphatic heterocycles. The molecule has 10 unspecified atom stereocenters. The second-order valence-corrected chi connectivity index (χ2v) is 32.0. The second-order valence-electron chi connectivity index (χ2n) is 31.2. The Labute approximate surface area is 712 Å². The quantitative estimate of drug-likeness (QED) is 0.0446. The highest BCUT2D eigenvalue weighted by Crippen LogP contribution is 2.50. The summed E-state index contributed by atoms with van der Waals surface area (Å²) < 4.78 is 45.7.